The van der Waals surface area contributed by atoms with Gasteiger partial charge in [-0.05, 0) is 30.2 Å². The van der Waals surface area contributed by atoms with E-state index in [1.165, 1.54) is 16.1 Å². The van der Waals surface area contributed by atoms with E-state index in [1.807, 2.05) is 0 Å². The van der Waals surface area contributed by atoms with Gasteiger partial charge in [-0.3, -0.25) is 14.4 Å². The predicted molar refractivity (Wildman–Crippen MR) is 98.4 cm³/mol. The fraction of sp³-hybridized carbons (Fsp3) is 0.278. The van der Waals surface area contributed by atoms with Gasteiger partial charge in [-0.15, -0.1) is 0 Å². The van der Waals surface area contributed by atoms with Crippen LogP contribution in [0.5, 0.6) is 5.88 Å². The normalized spacial score (nSPS) is 16.1. The third-order valence-electron chi connectivity index (χ3n) is 4.72. The number of carbonyl (C=O) groups excluding carboxylic acids is 2. The molecule has 0 bridgehead atoms. The molecule has 2 aromatic rings. The van der Waals surface area contributed by atoms with Gasteiger partial charge in [-0.2, -0.15) is 0 Å². The number of aryl methyl sites for hydroxylation is 1. The van der Waals surface area contributed by atoms with Crippen LogP contribution in [-0.2, 0) is 16.0 Å². The van der Waals surface area contributed by atoms with E-state index in [0.717, 1.165) is 5.56 Å². The quantitative estimate of drug-likeness (QED) is 0.779. The summed E-state index contributed by atoms with van der Waals surface area (Å²) in [5, 5.41) is 9.07. The molecule has 2 aliphatic heterocycles. The third kappa shape index (κ3) is 2.98. The molecule has 4 rings (SSSR count). The summed E-state index contributed by atoms with van der Waals surface area (Å²) in [6.07, 6.45) is 1.92. The van der Waals surface area contributed by atoms with Gasteiger partial charge in [0.25, 0.3) is 5.91 Å². The summed E-state index contributed by atoms with van der Waals surface area (Å²) in [5.41, 5.74) is 7.92. The Bertz CT molecular complexity index is 992. The molecule has 0 fully saturated rings. The van der Waals surface area contributed by atoms with E-state index in [0.29, 0.717) is 17.8 Å². The lowest BCUT2D eigenvalue weighted by molar-refractivity contribution is -0.136. The molecule has 1 aromatic carbocycles. The molecule has 0 saturated carbocycles. The number of amides is 2. The van der Waals surface area contributed by atoms with Crippen molar-refractivity contribution in [3.8, 4) is 5.88 Å². The summed E-state index contributed by atoms with van der Waals surface area (Å²) < 4.78 is 5.53. The number of benzene rings is 1. The Morgan fingerprint density at radius 2 is 2.07 bits per heavy atom. The first-order valence-corrected chi connectivity index (χ1v) is 8.66. The zero-order valence-electron chi connectivity index (χ0n) is 14.8. The molecule has 28 heavy (non-hydrogen) atoms. The molecule has 144 valence electrons. The van der Waals surface area contributed by atoms with Crippen LogP contribution in [0.3, 0.4) is 0 Å². The van der Waals surface area contributed by atoms with Gasteiger partial charge in [0.2, 0.25) is 11.8 Å². The largest absolute Gasteiger partial charge is 0.480 e. The van der Waals surface area contributed by atoms with E-state index >= 15 is 0 Å². The van der Waals surface area contributed by atoms with Gasteiger partial charge < -0.3 is 25.4 Å². The SMILES string of the molecule is Nc1ncnc2c1C(=O)N(c1ccc3c(c1)CCC(=O)N3CC(=O)O)CCO2. The summed E-state index contributed by atoms with van der Waals surface area (Å²) in [4.78, 5) is 46.8. The molecular weight excluding hydrogens is 366 g/mol. The number of fused-ring (bicyclic) bond motifs is 2. The maximum absolute atomic E-state index is 13.0. The third-order valence-corrected chi connectivity index (χ3v) is 4.72. The number of nitrogens with two attached hydrogens (primary N) is 1. The molecule has 10 heteroatoms. The topological polar surface area (TPSA) is 139 Å². The minimum atomic E-state index is -1.09. The van der Waals surface area contributed by atoms with Crippen molar-refractivity contribution < 1.29 is 24.2 Å². The highest BCUT2D eigenvalue weighted by Gasteiger charge is 2.31. The summed E-state index contributed by atoms with van der Waals surface area (Å²) in [5.74, 6) is -1.51. The van der Waals surface area contributed by atoms with Crippen LogP contribution in [0, 0.1) is 0 Å². The van der Waals surface area contributed by atoms with Gasteiger partial charge in [0.1, 0.15) is 30.9 Å². The van der Waals surface area contributed by atoms with E-state index < -0.39 is 12.5 Å². The standard InChI is InChI=1S/C18H17N5O5/c19-16-15-17(21-9-20-16)28-6-5-22(18(15)27)11-2-3-12-10(7-11)1-4-13(24)23(12)8-14(25)26/h2-3,7,9H,1,4-6,8H2,(H,25,26)(H2,19,20,21). The Morgan fingerprint density at radius 1 is 1.25 bits per heavy atom. The second-order valence-corrected chi connectivity index (χ2v) is 6.43. The van der Waals surface area contributed by atoms with Crippen molar-refractivity contribution in [2.75, 3.05) is 35.2 Å². The van der Waals surface area contributed by atoms with Crippen LogP contribution in [0.4, 0.5) is 17.2 Å². The minimum Gasteiger partial charge on any atom is -0.480 e. The maximum Gasteiger partial charge on any atom is 0.323 e. The summed E-state index contributed by atoms with van der Waals surface area (Å²) in [7, 11) is 0. The van der Waals surface area contributed by atoms with Crippen LogP contribution < -0.4 is 20.3 Å². The molecular formula is C18H17N5O5. The predicted octanol–water partition coefficient (Wildman–Crippen LogP) is 0.462. The molecule has 1 aromatic heterocycles. The van der Waals surface area contributed by atoms with Crippen molar-refractivity contribution >= 4 is 35.0 Å². The highest BCUT2D eigenvalue weighted by Crippen LogP contribution is 2.33. The Kier molecular flexibility index (Phi) is 4.30. The van der Waals surface area contributed by atoms with Crippen molar-refractivity contribution in [1.29, 1.82) is 0 Å². The lowest BCUT2D eigenvalue weighted by Crippen LogP contribution is -2.39. The molecule has 10 nitrogen and oxygen atoms in total. The van der Waals surface area contributed by atoms with Crippen molar-refractivity contribution in [1.82, 2.24) is 9.97 Å². The molecule has 3 heterocycles. The number of nitrogen functional groups attached to an aromatic ring is 1. The van der Waals surface area contributed by atoms with Crippen LogP contribution in [0.25, 0.3) is 0 Å². The molecule has 2 amide bonds. The Morgan fingerprint density at radius 3 is 2.86 bits per heavy atom. The zero-order chi connectivity index (χ0) is 19.8. The molecule has 0 spiro atoms. The number of nitrogens with zero attached hydrogens (tertiary/aromatic N) is 4. The Balaban J connectivity index is 1.71. The van der Waals surface area contributed by atoms with Gasteiger partial charge in [-0.25, -0.2) is 9.97 Å². The maximum atomic E-state index is 13.0. The molecule has 3 N–H and O–H groups in total. The van der Waals surface area contributed by atoms with Crippen LogP contribution in [0.1, 0.15) is 22.3 Å². The number of carboxylic acid groups (broad SMARTS) is 1. The van der Waals surface area contributed by atoms with E-state index in [9.17, 15) is 14.4 Å². The van der Waals surface area contributed by atoms with Crippen molar-refractivity contribution in [3.63, 3.8) is 0 Å². The lowest BCUT2D eigenvalue weighted by Gasteiger charge is -2.29. The number of anilines is 3. The van der Waals surface area contributed by atoms with E-state index in [-0.39, 0.29) is 48.6 Å². The first-order valence-electron chi connectivity index (χ1n) is 8.66. The van der Waals surface area contributed by atoms with E-state index in [2.05, 4.69) is 9.97 Å². The van der Waals surface area contributed by atoms with Crippen molar-refractivity contribution in [2.45, 2.75) is 12.8 Å². The summed E-state index contributed by atoms with van der Waals surface area (Å²) in [6, 6.07) is 5.13. The highest BCUT2D eigenvalue weighted by molar-refractivity contribution is 6.11. The number of ether oxygens (including phenoxy) is 1. The van der Waals surface area contributed by atoms with Gasteiger partial charge in [0.05, 0.1) is 6.54 Å². The lowest BCUT2D eigenvalue weighted by atomic mass is 10.00. The van der Waals surface area contributed by atoms with Crippen molar-refractivity contribution in [3.05, 3.63) is 35.7 Å². The van der Waals surface area contributed by atoms with Gasteiger partial charge in [-0.1, -0.05) is 0 Å². The van der Waals surface area contributed by atoms with E-state index in [1.54, 1.807) is 18.2 Å². The molecule has 2 aliphatic rings. The number of carbonyl (C=O) groups is 3. The van der Waals surface area contributed by atoms with Crippen LogP contribution in [-0.4, -0.2) is 52.6 Å². The highest BCUT2D eigenvalue weighted by atomic mass is 16.5. The zero-order valence-corrected chi connectivity index (χ0v) is 14.8. The molecule has 0 saturated heterocycles. The fourth-order valence-corrected chi connectivity index (χ4v) is 3.43. The fourth-order valence-electron chi connectivity index (χ4n) is 3.43. The number of aromatic nitrogens is 2. The molecule has 0 unspecified atom stereocenters. The number of rotatable bonds is 3. The second-order valence-electron chi connectivity index (χ2n) is 6.43. The van der Waals surface area contributed by atoms with E-state index in [4.69, 9.17) is 15.6 Å². The summed E-state index contributed by atoms with van der Waals surface area (Å²) in [6.45, 7) is 0.115. The average molecular weight is 383 g/mol. The first-order chi connectivity index (χ1) is 13.5. The number of hydrogen-bond acceptors (Lipinski definition) is 7. The van der Waals surface area contributed by atoms with Crippen LogP contribution in [0.15, 0.2) is 24.5 Å². The first kappa shape index (κ1) is 17.7. The average Bonchev–Trinajstić information content (AvgIpc) is 2.83. The van der Waals surface area contributed by atoms with Crippen molar-refractivity contribution in [2.24, 2.45) is 0 Å². The van der Waals surface area contributed by atoms with Gasteiger partial charge in [0.15, 0.2) is 0 Å². The smallest absolute Gasteiger partial charge is 0.323 e. The molecule has 0 radical (unpaired) electrons. The van der Waals surface area contributed by atoms with Crippen LogP contribution in [0.2, 0.25) is 0 Å². The Labute approximate surface area is 159 Å². The Hall–Kier alpha value is -3.69. The monoisotopic (exact) mass is 383 g/mol. The minimum absolute atomic E-state index is 0.0399. The van der Waals surface area contributed by atoms with Gasteiger partial charge in [0, 0.05) is 17.8 Å². The second kappa shape index (κ2) is 6.80. The number of hydrogen-bond donors (Lipinski definition) is 2. The molecule has 0 aliphatic carbocycles. The number of aliphatic carboxylic acids is 1. The molecule has 0 atom stereocenters. The number of carboxylic acids is 1. The van der Waals surface area contributed by atoms with Crippen LogP contribution >= 0.6 is 0 Å². The summed E-state index contributed by atoms with van der Waals surface area (Å²) >= 11 is 0. The van der Waals surface area contributed by atoms with Gasteiger partial charge >= 0.3 is 5.97 Å².